The number of benzene rings is 3. The van der Waals surface area contributed by atoms with E-state index in [1.807, 2.05) is 98.5 Å². The van der Waals surface area contributed by atoms with E-state index in [0.717, 1.165) is 83.1 Å². The minimum atomic E-state index is -0.829. The smallest absolute Gasteiger partial charge is 0.318 e. The van der Waals surface area contributed by atoms with Crippen LogP contribution in [-0.2, 0) is 32.9 Å². The van der Waals surface area contributed by atoms with Crippen LogP contribution in [-0.4, -0.2) is 124 Å². The van der Waals surface area contributed by atoms with Gasteiger partial charge in [-0.1, -0.05) is 54.6 Å². The molecule has 3 amide bonds. The Morgan fingerprint density at radius 2 is 1.55 bits per heavy atom. The third-order valence-corrected chi connectivity index (χ3v) is 13.2. The van der Waals surface area contributed by atoms with Gasteiger partial charge in [0.05, 0.1) is 17.1 Å². The van der Waals surface area contributed by atoms with Crippen molar-refractivity contribution in [2.45, 2.75) is 83.0 Å². The standard InChI is InChI=1S/C47H58N8O5/c1-32-26-33(27-36-30-48-55(42(32)36)31-60-45(58)47(2,3)37-11-6-5-7-12-37)28-41(44(57)53-24-22-52(23-25-53)38-16-18-51(4)19-17-38)50-46(59)54-20-14-34(15-21-54)39-29-35-10-8-9-13-40(35)49-43(39)56/h5-13,26-27,29-30,34,38,41H,14-25,28,31H2,1-4H3,(H,49,56)(H,50,59)/t41-/m1/s1. The summed E-state index contributed by atoms with van der Waals surface area (Å²) in [6.07, 6.45) is 5.66. The number of hydrogen-bond acceptors (Lipinski definition) is 8. The number of amides is 3. The second-order valence-electron chi connectivity index (χ2n) is 17.6. The van der Waals surface area contributed by atoms with E-state index in [1.54, 1.807) is 15.8 Å². The van der Waals surface area contributed by atoms with Crippen LogP contribution in [0.2, 0.25) is 0 Å². The minimum Gasteiger partial charge on any atom is -0.442 e. The summed E-state index contributed by atoms with van der Waals surface area (Å²) in [7, 11) is 2.17. The molecule has 0 saturated carbocycles. The van der Waals surface area contributed by atoms with Gasteiger partial charge in [-0.25, -0.2) is 9.48 Å². The van der Waals surface area contributed by atoms with Gasteiger partial charge in [0.1, 0.15) is 6.04 Å². The van der Waals surface area contributed by atoms with Crippen molar-refractivity contribution in [3.8, 4) is 0 Å². The van der Waals surface area contributed by atoms with E-state index in [2.05, 4.69) is 32.2 Å². The van der Waals surface area contributed by atoms with Gasteiger partial charge in [0.15, 0.2) is 6.73 Å². The third kappa shape index (κ3) is 8.83. The molecular formula is C47H58N8O5. The van der Waals surface area contributed by atoms with Crippen molar-refractivity contribution in [2.75, 3.05) is 59.4 Å². The Bertz CT molecular complexity index is 2390. The lowest BCUT2D eigenvalue weighted by Gasteiger charge is -2.43. The summed E-state index contributed by atoms with van der Waals surface area (Å²) in [5, 5.41) is 9.60. The topological polar surface area (TPSA) is 136 Å². The molecule has 1 atom stereocenters. The molecule has 13 heteroatoms. The Balaban J connectivity index is 0.961. The van der Waals surface area contributed by atoms with Gasteiger partial charge in [-0.15, -0.1) is 0 Å². The molecule has 0 aliphatic carbocycles. The van der Waals surface area contributed by atoms with Gasteiger partial charge in [0.25, 0.3) is 5.56 Å². The number of aromatic amines is 1. The fraction of sp³-hybridized carbons (Fsp3) is 0.468. The lowest BCUT2D eigenvalue weighted by molar-refractivity contribution is -0.153. The maximum Gasteiger partial charge on any atom is 0.318 e. The van der Waals surface area contributed by atoms with Crippen molar-refractivity contribution >= 4 is 39.7 Å². The lowest BCUT2D eigenvalue weighted by atomic mass is 9.85. The van der Waals surface area contributed by atoms with Crippen LogP contribution in [0.4, 0.5) is 4.79 Å². The molecule has 5 heterocycles. The number of aromatic nitrogens is 3. The summed E-state index contributed by atoms with van der Waals surface area (Å²) in [4.78, 5) is 66.4. The van der Waals surface area contributed by atoms with Gasteiger partial charge in [-0.3, -0.25) is 19.3 Å². The first-order chi connectivity index (χ1) is 28.9. The van der Waals surface area contributed by atoms with Gasteiger partial charge in [0, 0.05) is 68.2 Å². The van der Waals surface area contributed by atoms with E-state index in [-0.39, 0.29) is 36.1 Å². The largest absolute Gasteiger partial charge is 0.442 e. The number of aryl methyl sites for hydroxylation is 1. The van der Waals surface area contributed by atoms with E-state index in [0.29, 0.717) is 51.5 Å². The maximum atomic E-state index is 14.5. The summed E-state index contributed by atoms with van der Waals surface area (Å²) < 4.78 is 7.50. The first kappa shape index (κ1) is 41.2. The number of hydrogen-bond donors (Lipinski definition) is 2. The molecule has 316 valence electrons. The van der Waals surface area contributed by atoms with Crippen molar-refractivity contribution in [3.63, 3.8) is 0 Å². The van der Waals surface area contributed by atoms with Crippen LogP contribution >= 0.6 is 0 Å². The number of nitrogens with zero attached hydrogens (tertiary/aromatic N) is 6. The third-order valence-electron chi connectivity index (χ3n) is 13.2. The maximum absolute atomic E-state index is 14.5. The van der Waals surface area contributed by atoms with Crippen LogP contribution < -0.4 is 10.9 Å². The minimum absolute atomic E-state index is 0.0363. The van der Waals surface area contributed by atoms with Crippen LogP contribution in [0.15, 0.2) is 83.8 Å². The highest BCUT2D eigenvalue weighted by Gasteiger charge is 2.35. The van der Waals surface area contributed by atoms with Gasteiger partial charge in [0.2, 0.25) is 5.91 Å². The highest BCUT2D eigenvalue weighted by Crippen LogP contribution is 2.29. The van der Waals surface area contributed by atoms with Crippen LogP contribution in [0.3, 0.4) is 0 Å². The molecule has 0 bridgehead atoms. The van der Waals surface area contributed by atoms with E-state index in [1.165, 1.54) is 0 Å². The predicted molar refractivity (Wildman–Crippen MR) is 233 cm³/mol. The fourth-order valence-corrected chi connectivity index (χ4v) is 9.44. The molecule has 0 unspecified atom stereocenters. The molecule has 2 N–H and O–H groups in total. The summed E-state index contributed by atoms with van der Waals surface area (Å²) >= 11 is 0. The number of piperazine rings is 1. The molecule has 3 saturated heterocycles. The quantitative estimate of drug-likeness (QED) is 0.179. The second-order valence-corrected chi connectivity index (χ2v) is 17.6. The molecule has 0 radical (unpaired) electrons. The molecule has 3 aromatic carbocycles. The monoisotopic (exact) mass is 814 g/mol. The number of piperidine rings is 2. The van der Waals surface area contributed by atoms with E-state index in [9.17, 15) is 19.2 Å². The molecule has 3 fully saturated rings. The SMILES string of the molecule is Cc1cc(C[C@@H](NC(=O)N2CCC(c3cc4ccccc4[nH]c3=O)CC2)C(=O)N2CCN(C3CCN(C)CC3)CC2)cc2cnn(COC(=O)C(C)(C)c3ccccc3)c12. The molecule has 8 rings (SSSR count). The molecule has 3 aliphatic heterocycles. The molecule has 60 heavy (non-hydrogen) atoms. The summed E-state index contributed by atoms with van der Waals surface area (Å²) in [5.74, 6) is -0.386. The van der Waals surface area contributed by atoms with Crippen LogP contribution in [0.1, 0.15) is 67.7 Å². The number of likely N-dealkylation sites (tertiary alicyclic amines) is 2. The Kier molecular flexibility index (Phi) is 12.1. The average molecular weight is 815 g/mol. The molecule has 0 spiro atoms. The Morgan fingerprint density at radius 3 is 2.28 bits per heavy atom. The zero-order chi connectivity index (χ0) is 42.0. The van der Waals surface area contributed by atoms with Crippen molar-refractivity contribution < 1.29 is 19.1 Å². The van der Waals surface area contributed by atoms with Gasteiger partial charge in [-0.05, 0) is 113 Å². The number of urea groups is 1. The zero-order valence-corrected chi connectivity index (χ0v) is 35.4. The number of esters is 1. The summed E-state index contributed by atoms with van der Waals surface area (Å²) in [5.41, 5.74) is 4.20. The van der Waals surface area contributed by atoms with Crippen LogP contribution in [0.5, 0.6) is 0 Å². The van der Waals surface area contributed by atoms with Gasteiger partial charge >= 0.3 is 12.0 Å². The van der Waals surface area contributed by atoms with E-state index < -0.39 is 11.5 Å². The van der Waals surface area contributed by atoms with Crippen molar-refractivity contribution in [3.05, 3.63) is 112 Å². The number of H-pyrrole nitrogens is 1. The number of fused-ring (bicyclic) bond motifs is 2. The highest BCUT2D eigenvalue weighted by atomic mass is 16.5. The molecular weight excluding hydrogens is 757 g/mol. The molecule has 5 aromatic rings. The molecule has 2 aromatic heterocycles. The Morgan fingerprint density at radius 1 is 0.850 bits per heavy atom. The summed E-state index contributed by atoms with van der Waals surface area (Å²) in [6.45, 7) is 11.7. The number of nitrogens with one attached hydrogen (secondary N) is 2. The first-order valence-corrected chi connectivity index (χ1v) is 21.5. The zero-order valence-electron chi connectivity index (χ0n) is 35.4. The normalized spacial score (nSPS) is 18.2. The molecule has 3 aliphatic rings. The lowest BCUT2D eigenvalue weighted by Crippen LogP contribution is -2.59. The number of para-hydroxylation sites is 1. The van der Waals surface area contributed by atoms with Crippen molar-refractivity contribution in [2.24, 2.45) is 0 Å². The number of ether oxygens (including phenoxy) is 1. The van der Waals surface area contributed by atoms with Crippen LogP contribution in [0, 0.1) is 6.92 Å². The number of carbonyl (C=O) groups excluding carboxylic acids is 3. The predicted octanol–water partition coefficient (Wildman–Crippen LogP) is 5.40. The average Bonchev–Trinajstić information content (AvgIpc) is 3.68. The van der Waals surface area contributed by atoms with E-state index in [4.69, 9.17) is 4.74 Å². The first-order valence-electron chi connectivity index (χ1n) is 21.5. The number of carbonyl (C=O) groups is 3. The van der Waals surface area contributed by atoms with Gasteiger partial charge in [-0.2, -0.15) is 5.10 Å². The van der Waals surface area contributed by atoms with Gasteiger partial charge < -0.3 is 29.7 Å². The Labute approximate surface area is 351 Å². The number of rotatable bonds is 10. The van der Waals surface area contributed by atoms with Crippen molar-refractivity contribution in [1.82, 2.24) is 39.7 Å². The fourth-order valence-electron chi connectivity index (χ4n) is 9.44. The van der Waals surface area contributed by atoms with Crippen LogP contribution in [0.25, 0.3) is 21.8 Å². The van der Waals surface area contributed by atoms with Crippen molar-refractivity contribution in [1.29, 1.82) is 0 Å². The summed E-state index contributed by atoms with van der Waals surface area (Å²) in [6, 6.07) is 22.9. The number of pyridine rings is 1. The Hall–Kier alpha value is -5.53. The second kappa shape index (κ2) is 17.6. The van der Waals surface area contributed by atoms with E-state index >= 15 is 0 Å². The molecule has 13 nitrogen and oxygen atoms in total. The highest BCUT2D eigenvalue weighted by molar-refractivity contribution is 5.88.